The van der Waals surface area contributed by atoms with E-state index in [1.807, 2.05) is 0 Å². The fourth-order valence-corrected chi connectivity index (χ4v) is 5.13. The lowest BCUT2D eigenvalue weighted by Gasteiger charge is -2.27. The number of hydrogen-bond acceptors (Lipinski definition) is 3. The van der Waals surface area contributed by atoms with Crippen molar-refractivity contribution < 1.29 is 21.6 Å². The van der Waals surface area contributed by atoms with Gasteiger partial charge in [-0.25, -0.2) is 17.4 Å². The van der Waals surface area contributed by atoms with E-state index in [1.54, 1.807) is 12.2 Å². The predicted octanol–water partition coefficient (Wildman–Crippen LogP) is 4.23. The molecule has 0 N–H and O–H groups in total. The lowest BCUT2D eigenvalue weighted by Crippen LogP contribution is -2.38. The molecule has 0 fully saturated rings. The maximum atomic E-state index is 13.1. The number of halogens is 4. The minimum Gasteiger partial charge on any atom is -0.237 e. The third kappa shape index (κ3) is 2.59. The molecule has 4 nitrogen and oxygen atoms in total. The first-order valence-electron chi connectivity index (χ1n) is 6.89. The summed E-state index contributed by atoms with van der Waals surface area (Å²) in [7, 11) is -4.01. The first-order valence-corrected chi connectivity index (χ1v) is 9.13. The van der Waals surface area contributed by atoms with Crippen LogP contribution in [-0.2, 0) is 16.2 Å². The molecule has 1 unspecified atom stereocenters. The Morgan fingerprint density at radius 1 is 1.33 bits per heavy atom. The zero-order chi connectivity index (χ0) is 17.8. The SMILES string of the molecule is CC1(S(=O)(=O)n2ccc3c(C(F)(F)F)ccnc32)C=C(Br)C=CC1. The van der Waals surface area contributed by atoms with Gasteiger partial charge in [-0.3, -0.25) is 0 Å². The minimum absolute atomic E-state index is 0.211. The summed E-state index contributed by atoms with van der Waals surface area (Å²) >= 11 is 3.24. The van der Waals surface area contributed by atoms with Crippen molar-refractivity contribution in [2.45, 2.75) is 24.3 Å². The smallest absolute Gasteiger partial charge is 0.237 e. The fraction of sp³-hybridized carbons (Fsp3) is 0.267. The van der Waals surface area contributed by atoms with E-state index in [9.17, 15) is 21.6 Å². The highest BCUT2D eigenvalue weighted by molar-refractivity contribution is 9.11. The largest absolute Gasteiger partial charge is 0.417 e. The van der Waals surface area contributed by atoms with Crippen molar-refractivity contribution in [3.05, 3.63) is 52.8 Å². The van der Waals surface area contributed by atoms with Gasteiger partial charge in [-0.05, 0) is 31.6 Å². The van der Waals surface area contributed by atoms with Crippen molar-refractivity contribution in [2.24, 2.45) is 0 Å². The molecule has 0 aliphatic heterocycles. The van der Waals surface area contributed by atoms with E-state index in [0.29, 0.717) is 4.48 Å². The predicted molar refractivity (Wildman–Crippen MR) is 88.2 cm³/mol. The van der Waals surface area contributed by atoms with E-state index in [0.717, 1.165) is 28.5 Å². The van der Waals surface area contributed by atoms with Crippen molar-refractivity contribution in [2.75, 3.05) is 0 Å². The number of pyridine rings is 1. The lowest BCUT2D eigenvalue weighted by atomic mass is 10.0. The zero-order valence-corrected chi connectivity index (χ0v) is 14.8. The van der Waals surface area contributed by atoms with Gasteiger partial charge in [-0.15, -0.1) is 0 Å². The van der Waals surface area contributed by atoms with Crippen LogP contribution in [0.15, 0.2) is 47.2 Å². The highest BCUT2D eigenvalue weighted by atomic mass is 79.9. The molecule has 2 heterocycles. The Kier molecular flexibility index (Phi) is 3.91. The topological polar surface area (TPSA) is 52.0 Å². The van der Waals surface area contributed by atoms with E-state index < -0.39 is 26.5 Å². The van der Waals surface area contributed by atoms with Crippen molar-refractivity contribution in [3.8, 4) is 0 Å². The first-order chi connectivity index (χ1) is 11.1. The number of nitrogens with zero attached hydrogens (tertiary/aromatic N) is 2. The van der Waals surface area contributed by atoms with E-state index in [4.69, 9.17) is 0 Å². The summed E-state index contributed by atoms with van der Waals surface area (Å²) in [5.74, 6) is 0. The monoisotopic (exact) mass is 420 g/mol. The molecule has 24 heavy (non-hydrogen) atoms. The Morgan fingerprint density at radius 2 is 2.04 bits per heavy atom. The van der Waals surface area contributed by atoms with Crippen LogP contribution in [0.25, 0.3) is 11.0 Å². The Morgan fingerprint density at radius 3 is 2.67 bits per heavy atom. The van der Waals surface area contributed by atoms with Crippen LogP contribution >= 0.6 is 15.9 Å². The van der Waals surface area contributed by atoms with E-state index in [1.165, 1.54) is 13.0 Å². The van der Waals surface area contributed by atoms with E-state index in [-0.39, 0.29) is 17.5 Å². The maximum absolute atomic E-state index is 13.1. The summed E-state index contributed by atoms with van der Waals surface area (Å²) in [5, 5.41) is -0.244. The average molecular weight is 421 g/mol. The van der Waals surface area contributed by atoms with Crippen LogP contribution in [0.4, 0.5) is 13.2 Å². The summed E-state index contributed by atoms with van der Waals surface area (Å²) in [6.45, 7) is 1.52. The molecule has 0 radical (unpaired) electrons. The molecule has 1 atom stereocenters. The van der Waals surface area contributed by atoms with Gasteiger partial charge >= 0.3 is 6.18 Å². The van der Waals surface area contributed by atoms with Gasteiger partial charge in [0, 0.05) is 22.3 Å². The summed E-state index contributed by atoms with van der Waals surface area (Å²) < 4.78 is 65.5. The second-order valence-corrected chi connectivity index (χ2v) is 8.85. The average Bonchev–Trinajstić information content (AvgIpc) is 2.90. The van der Waals surface area contributed by atoms with Crippen LogP contribution in [-0.4, -0.2) is 22.1 Å². The van der Waals surface area contributed by atoms with Gasteiger partial charge in [0.25, 0.3) is 0 Å². The number of allylic oxidation sites excluding steroid dienone is 3. The highest BCUT2D eigenvalue weighted by Gasteiger charge is 2.41. The molecule has 1 aliphatic rings. The number of rotatable bonds is 2. The van der Waals surface area contributed by atoms with Gasteiger partial charge in [0.1, 0.15) is 4.75 Å². The van der Waals surface area contributed by atoms with Crippen molar-refractivity contribution in [1.82, 2.24) is 8.96 Å². The van der Waals surface area contributed by atoms with Crippen LogP contribution in [0.2, 0.25) is 0 Å². The second kappa shape index (κ2) is 5.45. The Bertz CT molecular complexity index is 976. The van der Waals surface area contributed by atoms with Crippen molar-refractivity contribution in [3.63, 3.8) is 0 Å². The molecule has 0 amide bonds. The summed E-state index contributed by atoms with van der Waals surface area (Å²) in [6.07, 6.45) is 2.66. The van der Waals surface area contributed by atoms with E-state index in [2.05, 4.69) is 20.9 Å². The molecule has 0 bridgehead atoms. The Hall–Kier alpha value is -1.61. The lowest BCUT2D eigenvalue weighted by molar-refractivity contribution is -0.136. The zero-order valence-electron chi connectivity index (χ0n) is 12.4. The van der Waals surface area contributed by atoms with Crippen LogP contribution in [0.1, 0.15) is 18.9 Å². The van der Waals surface area contributed by atoms with Gasteiger partial charge in [0.15, 0.2) is 5.65 Å². The maximum Gasteiger partial charge on any atom is 0.417 e. The first kappa shape index (κ1) is 17.2. The number of fused-ring (bicyclic) bond motifs is 1. The number of hydrogen-bond donors (Lipinski definition) is 0. The molecule has 3 rings (SSSR count). The summed E-state index contributed by atoms with van der Waals surface area (Å²) in [5.41, 5.74) is -1.14. The Balaban J connectivity index is 2.22. The van der Waals surface area contributed by atoms with Crippen molar-refractivity contribution in [1.29, 1.82) is 0 Å². The van der Waals surface area contributed by atoms with Gasteiger partial charge in [-0.2, -0.15) is 13.2 Å². The van der Waals surface area contributed by atoms with Crippen molar-refractivity contribution >= 4 is 37.0 Å². The number of aromatic nitrogens is 2. The molecule has 9 heteroatoms. The Labute approximate surface area is 144 Å². The molecule has 0 saturated heterocycles. The van der Waals surface area contributed by atoms with Gasteiger partial charge in [0.05, 0.1) is 5.56 Å². The molecule has 128 valence electrons. The molecule has 0 saturated carbocycles. The van der Waals surface area contributed by atoms with Gasteiger partial charge < -0.3 is 0 Å². The minimum atomic E-state index is -4.59. The van der Waals surface area contributed by atoms with Crippen LogP contribution in [0, 0.1) is 0 Å². The van der Waals surface area contributed by atoms with E-state index >= 15 is 0 Å². The van der Waals surface area contributed by atoms with Crippen LogP contribution in [0.5, 0.6) is 0 Å². The third-order valence-electron chi connectivity index (χ3n) is 3.95. The molecular weight excluding hydrogens is 409 g/mol. The van der Waals surface area contributed by atoms with Gasteiger partial charge in [0.2, 0.25) is 10.0 Å². The molecule has 1 aliphatic carbocycles. The van der Waals surface area contributed by atoms with Crippen LogP contribution in [0.3, 0.4) is 0 Å². The molecule has 2 aromatic rings. The number of alkyl halides is 3. The summed E-state index contributed by atoms with van der Waals surface area (Å²) in [6, 6.07) is 1.96. The van der Waals surface area contributed by atoms with Gasteiger partial charge in [-0.1, -0.05) is 28.1 Å². The highest BCUT2D eigenvalue weighted by Crippen LogP contribution is 2.37. The molecule has 2 aromatic heterocycles. The second-order valence-electron chi connectivity index (χ2n) is 5.66. The quantitative estimate of drug-likeness (QED) is 0.730. The normalized spacial score (nSPS) is 22.0. The molecular formula is C15H12BrF3N2O2S. The third-order valence-corrected chi connectivity index (χ3v) is 6.72. The standard InChI is InChI=1S/C15H12BrF3N2O2S/c1-14(6-2-3-10(16)9-14)24(22,23)21-8-5-11-12(15(17,18)19)4-7-20-13(11)21/h2-5,7-9H,6H2,1H3. The summed E-state index contributed by atoms with van der Waals surface area (Å²) in [4.78, 5) is 3.86. The van der Waals surface area contributed by atoms with Crippen LogP contribution < -0.4 is 0 Å². The molecule has 0 spiro atoms. The fourth-order valence-electron chi connectivity index (χ4n) is 2.66. The molecule has 0 aromatic carbocycles.